The number of aliphatic hydroxyl groups is 4. The van der Waals surface area contributed by atoms with Crippen molar-refractivity contribution in [3.8, 4) is 5.75 Å². The molecule has 0 bridgehead atoms. The molecule has 1 aliphatic carbocycles. The van der Waals surface area contributed by atoms with Gasteiger partial charge in [0.25, 0.3) is 0 Å². The Morgan fingerprint density at radius 1 is 1.17 bits per heavy atom. The molecule has 1 aromatic rings. The predicted octanol–water partition coefficient (Wildman–Crippen LogP) is -0.202. The number of aromatic hydroxyl groups is 1. The number of hydrogen-bond donors (Lipinski definition) is 5. The van der Waals surface area contributed by atoms with E-state index in [4.69, 9.17) is 9.47 Å². The molecular formula is C16H20O7. The topological polar surface area (TPSA) is 120 Å². The third-order valence-electron chi connectivity index (χ3n) is 4.28. The van der Waals surface area contributed by atoms with Gasteiger partial charge in [0, 0.05) is 6.42 Å². The molecule has 7 nitrogen and oxygen atoms in total. The van der Waals surface area contributed by atoms with Gasteiger partial charge in [0.1, 0.15) is 24.1 Å². The summed E-state index contributed by atoms with van der Waals surface area (Å²) >= 11 is 0. The van der Waals surface area contributed by atoms with E-state index in [2.05, 4.69) is 0 Å². The molecule has 1 aliphatic heterocycles. The van der Waals surface area contributed by atoms with Crippen molar-refractivity contribution in [2.75, 3.05) is 0 Å². The lowest BCUT2D eigenvalue weighted by molar-refractivity contribution is -0.362. The average molecular weight is 324 g/mol. The molecule has 1 unspecified atom stereocenters. The summed E-state index contributed by atoms with van der Waals surface area (Å²) in [6.07, 6.45) is -2.95. The van der Waals surface area contributed by atoms with Crippen molar-refractivity contribution in [2.45, 2.75) is 49.8 Å². The van der Waals surface area contributed by atoms with Gasteiger partial charge in [-0.3, -0.25) is 0 Å². The lowest BCUT2D eigenvalue weighted by atomic mass is 9.90. The Bertz CT molecular complexity index is 616. The fourth-order valence-corrected chi connectivity index (χ4v) is 2.98. The van der Waals surface area contributed by atoms with E-state index in [0.717, 1.165) is 0 Å². The van der Waals surface area contributed by atoms with E-state index in [9.17, 15) is 25.5 Å². The molecule has 5 N–H and O–H groups in total. The van der Waals surface area contributed by atoms with E-state index in [-0.39, 0.29) is 17.7 Å². The van der Waals surface area contributed by atoms with Gasteiger partial charge in [-0.05, 0) is 18.6 Å². The first-order chi connectivity index (χ1) is 10.8. The smallest absolute Gasteiger partial charge is 0.203 e. The second-order valence-electron chi connectivity index (χ2n) is 5.93. The Labute approximate surface area is 133 Å². The quantitative estimate of drug-likeness (QED) is 0.478. The first kappa shape index (κ1) is 16.4. The summed E-state index contributed by atoms with van der Waals surface area (Å²) in [5.74, 6) is -2.06. The predicted molar refractivity (Wildman–Crippen MR) is 79.1 cm³/mol. The van der Waals surface area contributed by atoms with Gasteiger partial charge in [0.15, 0.2) is 6.29 Å². The summed E-state index contributed by atoms with van der Waals surface area (Å²) < 4.78 is 10.9. The zero-order valence-electron chi connectivity index (χ0n) is 12.5. The van der Waals surface area contributed by atoms with E-state index in [1.165, 1.54) is 13.0 Å². The Hall–Kier alpha value is -1.48. The van der Waals surface area contributed by atoms with E-state index < -0.39 is 36.5 Å². The number of hydrogen-bond acceptors (Lipinski definition) is 7. The van der Waals surface area contributed by atoms with Gasteiger partial charge in [0.05, 0.1) is 11.7 Å². The van der Waals surface area contributed by atoms with Gasteiger partial charge in [0.2, 0.25) is 5.79 Å². The van der Waals surface area contributed by atoms with Crippen molar-refractivity contribution in [3.05, 3.63) is 35.4 Å². The molecule has 2 aliphatic rings. The number of ether oxygens (including phenoxy) is 2. The summed E-state index contributed by atoms with van der Waals surface area (Å²) in [4.78, 5) is 0. The summed E-state index contributed by atoms with van der Waals surface area (Å²) in [5, 5.41) is 50.5. The number of rotatable bonds is 2. The molecule has 1 heterocycles. The molecule has 0 spiro atoms. The van der Waals surface area contributed by atoms with E-state index >= 15 is 0 Å². The molecule has 0 radical (unpaired) electrons. The third kappa shape index (κ3) is 2.76. The minimum absolute atomic E-state index is 0.0389. The van der Waals surface area contributed by atoms with Gasteiger partial charge in [-0.25, -0.2) is 0 Å². The molecule has 126 valence electrons. The molecule has 1 fully saturated rings. The van der Waals surface area contributed by atoms with Crippen LogP contribution in [0.5, 0.6) is 5.75 Å². The van der Waals surface area contributed by atoms with Crippen molar-refractivity contribution in [3.63, 3.8) is 0 Å². The zero-order chi connectivity index (χ0) is 16.8. The van der Waals surface area contributed by atoms with Crippen LogP contribution in [0.3, 0.4) is 0 Å². The monoisotopic (exact) mass is 324 g/mol. The maximum absolute atomic E-state index is 10.8. The van der Waals surface area contributed by atoms with Crippen molar-refractivity contribution >= 4 is 6.08 Å². The lowest BCUT2D eigenvalue weighted by Crippen LogP contribution is -2.59. The van der Waals surface area contributed by atoms with Gasteiger partial charge in [-0.2, -0.15) is 0 Å². The van der Waals surface area contributed by atoms with Crippen molar-refractivity contribution in [1.82, 2.24) is 0 Å². The summed E-state index contributed by atoms with van der Waals surface area (Å²) in [5.41, 5.74) is 0.754. The SMILES string of the molecule is C[C@@H]1O[C@@H](OC2(O)CC=Cc3cccc(O)c32)[C@H](O)[C@H](O)[C@H]1O. The van der Waals surface area contributed by atoms with Crippen LogP contribution in [0.25, 0.3) is 6.08 Å². The van der Waals surface area contributed by atoms with Crippen LogP contribution in [-0.4, -0.2) is 56.2 Å². The van der Waals surface area contributed by atoms with Crippen molar-refractivity contribution in [1.29, 1.82) is 0 Å². The number of phenols is 1. The maximum atomic E-state index is 10.8. The van der Waals surface area contributed by atoms with Crippen LogP contribution >= 0.6 is 0 Å². The van der Waals surface area contributed by atoms with Crippen LogP contribution < -0.4 is 0 Å². The Morgan fingerprint density at radius 2 is 1.91 bits per heavy atom. The third-order valence-corrected chi connectivity index (χ3v) is 4.28. The van der Waals surface area contributed by atoms with Crippen LogP contribution in [0, 0.1) is 0 Å². The van der Waals surface area contributed by atoms with E-state index in [1.54, 1.807) is 24.3 Å². The minimum atomic E-state index is -1.91. The van der Waals surface area contributed by atoms with Gasteiger partial charge < -0.3 is 35.0 Å². The van der Waals surface area contributed by atoms with Gasteiger partial charge in [-0.1, -0.05) is 24.3 Å². The molecular weight excluding hydrogens is 304 g/mol. The Kier molecular flexibility index (Phi) is 4.18. The van der Waals surface area contributed by atoms with E-state index in [0.29, 0.717) is 5.56 Å². The van der Waals surface area contributed by atoms with Crippen LogP contribution in [0.2, 0.25) is 0 Å². The first-order valence-corrected chi connectivity index (χ1v) is 7.42. The summed E-state index contributed by atoms with van der Waals surface area (Å²) in [6.45, 7) is 1.52. The minimum Gasteiger partial charge on any atom is -0.507 e. The molecule has 1 saturated heterocycles. The summed E-state index contributed by atoms with van der Waals surface area (Å²) in [7, 11) is 0. The highest BCUT2D eigenvalue weighted by molar-refractivity contribution is 5.61. The molecule has 6 atom stereocenters. The van der Waals surface area contributed by atoms with Crippen molar-refractivity contribution < 1.29 is 35.0 Å². The second kappa shape index (κ2) is 5.86. The first-order valence-electron chi connectivity index (χ1n) is 7.42. The molecule has 23 heavy (non-hydrogen) atoms. The molecule has 0 amide bonds. The highest BCUT2D eigenvalue weighted by atomic mass is 16.8. The molecule has 1 aromatic carbocycles. The number of fused-ring (bicyclic) bond motifs is 1. The fourth-order valence-electron chi connectivity index (χ4n) is 2.98. The van der Waals surface area contributed by atoms with Crippen molar-refractivity contribution in [2.24, 2.45) is 0 Å². The molecule has 0 saturated carbocycles. The second-order valence-corrected chi connectivity index (χ2v) is 5.93. The van der Waals surface area contributed by atoms with Crippen LogP contribution in [0.4, 0.5) is 0 Å². The van der Waals surface area contributed by atoms with E-state index in [1.807, 2.05) is 0 Å². The molecule has 7 heteroatoms. The fraction of sp³-hybridized carbons (Fsp3) is 0.500. The standard InChI is InChI=1S/C16H20O7/c1-8-12(18)13(19)14(20)15(22-8)23-16(21)7-3-5-9-4-2-6-10(17)11(9)16/h2-6,8,12-15,17-21H,7H2,1H3/t8-,12-,13+,14+,15-,16?/m0/s1. The highest BCUT2D eigenvalue weighted by Gasteiger charge is 2.47. The van der Waals surface area contributed by atoms with Crippen LogP contribution in [0.15, 0.2) is 24.3 Å². The van der Waals surface area contributed by atoms with Crippen LogP contribution in [-0.2, 0) is 15.3 Å². The normalized spacial score (nSPS) is 40.0. The van der Waals surface area contributed by atoms with Gasteiger partial charge >= 0.3 is 0 Å². The maximum Gasteiger partial charge on any atom is 0.203 e. The lowest BCUT2D eigenvalue weighted by Gasteiger charge is -2.43. The van der Waals surface area contributed by atoms with Crippen LogP contribution in [0.1, 0.15) is 24.5 Å². The average Bonchev–Trinajstić information content (AvgIpc) is 2.50. The summed E-state index contributed by atoms with van der Waals surface area (Å²) in [6, 6.07) is 4.77. The highest BCUT2D eigenvalue weighted by Crippen LogP contribution is 2.42. The Morgan fingerprint density at radius 3 is 2.65 bits per heavy atom. The number of aliphatic hydroxyl groups excluding tert-OH is 3. The largest absolute Gasteiger partial charge is 0.507 e. The number of phenolic OH excluding ortho intramolecular Hbond substituents is 1. The number of benzene rings is 1. The Balaban J connectivity index is 1.90. The molecule has 0 aromatic heterocycles. The zero-order valence-corrected chi connectivity index (χ0v) is 12.5. The van der Waals surface area contributed by atoms with Gasteiger partial charge in [-0.15, -0.1) is 0 Å². The molecule has 3 rings (SSSR count).